The molecule has 128 valence electrons. The summed E-state index contributed by atoms with van der Waals surface area (Å²) in [6, 6.07) is 16.9. The van der Waals surface area contributed by atoms with Crippen molar-refractivity contribution < 1.29 is 4.74 Å². The minimum Gasteiger partial charge on any atom is -0.439 e. The van der Waals surface area contributed by atoms with E-state index < -0.39 is 0 Å². The SMILES string of the molecule is CCc1cc(Oc2cccc(Cl)c2)nc(SCc2ccccc2Cl)n1. The van der Waals surface area contributed by atoms with E-state index in [0.717, 1.165) is 22.7 Å². The molecule has 1 aromatic heterocycles. The second-order valence-corrected chi connectivity index (χ2v) is 7.06. The first-order valence-corrected chi connectivity index (χ1v) is 9.56. The van der Waals surface area contributed by atoms with Gasteiger partial charge in [-0.05, 0) is 36.2 Å². The summed E-state index contributed by atoms with van der Waals surface area (Å²) in [4.78, 5) is 9.05. The molecule has 0 atom stereocenters. The van der Waals surface area contributed by atoms with Gasteiger partial charge in [0.15, 0.2) is 5.16 Å². The largest absolute Gasteiger partial charge is 0.439 e. The lowest BCUT2D eigenvalue weighted by atomic mass is 10.2. The fraction of sp³-hybridized carbons (Fsp3) is 0.158. The van der Waals surface area contributed by atoms with E-state index in [-0.39, 0.29) is 0 Å². The fourth-order valence-corrected chi connectivity index (χ4v) is 3.49. The van der Waals surface area contributed by atoms with Crippen molar-refractivity contribution in [1.29, 1.82) is 0 Å². The number of hydrogen-bond donors (Lipinski definition) is 0. The van der Waals surface area contributed by atoms with Crippen LogP contribution in [-0.2, 0) is 12.2 Å². The zero-order valence-electron chi connectivity index (χ0n) is 13.6. The maximum absolute atomic E-state index is 6.21. The molecule has 1 heterocycles. The minimum absolute atomic E-state index is 0.510. The van der Waals surface area contributed by atoms with E-state index in [1.165, 1.54) is 11.8 Å². The lowest BCUT2D eigenvalue weighted by Gasteiger charge is -2.09. The van der Waals surface area contributed by atoms with Gasteiger partial charge in [-0.1, -0.05) is 66.2 Å². The number of ether oxygens (including phenoxy) is 1. The first-order valence-electron chi connectivity index (χ1n) is 7.81. The van der Waals surface area contributed by atoms with Crippen molar-refractivity contribution in [2.24, 2.45) is 0 Å². The summed E-state index contributed by atoms with van der Waals surface area (Å²) in [5.41, 5.74) is 1.98. The molecule has 0 radical (unpaired) electrons. The van der Waals surface area contributed by atoms with Crippen LogP contribution in [0.4, 0.5) is 0 Å². The maximum Gasteiger partial charge on any atom is 0.223 e. The fourth-order valence-electron chi connectivity index (χ4n) is 2.16. The number of nitrogens with zero attached hydrogens (tertiary/aromatic N) is 2. The second-order valence-electron chi connectivity index (χ2n) is 5.27. The number of rotatable bonds is 6. The Balaban J connectivity index is 1.79. The number of halogens is 2. The molecule has 0 bridgehead atoms. The quantitative estimate of drug-likeness (QED) is 0.358. The molecule has 3 rings (SSSR count). The van der Waals surface area contributed by atoms with Gasteiger partial charge in [0.05, 0.1) is 0 Å². The molecule has 0 spiro atoms. The lowest BCUT2D eigenvalue weighted by molar-refractivity contribution is 0.454. The predicted molar refractivity (Wildman–Crippen MR) is 104 cm³/mol. The molecule has 0 unspecified atom stereocenters. The summed E-state index contributed by atoms with van der Waals surface area (Å²) in [6.07, 6.45) is 0.800. The highest BCUT2D eigenvalue weighted by Gasteiger charge is 2.08. The van der Waals surface area contributed by atoms with Gasteiger partial charge in [0, 0.05) is 27.6 Å². The van der Waals surface area contributed by atoms with Gasteiger partial charge in [-0.25, -0.2) is 4.98 Å². The third-order valence-electron chi connectivity index (χ3n) is 3.43. The van der Waals surface area contributed by atoms with Crippen LogP contribution in [0.1, 0.15) is 18.2 Å². The van der Waals surface area contributed by atoms with Crippen molar-refractivity contribution in [3.05, 3.63) is 75.9 Å². The zero-order valence-corrected chi connectivity index (χ0v) is 15.9. The number of aromatic nitrogens is 2. The third kappa shape index (κ3) is 5.11. The van der Waals surface area contributed by atoms with Gasteiger partial charge in [-0.15, -0.1) is 0 Å². The van der Waals surface area contributed by atoms with Crippen molar-refractivity contribution in [3.63, 3.8) is 0 Å². The number of aryl methyl sites for hydroxylation is 1. The molecule has 0 N–H and O–H groups in total. The van der Waals surface area contributed by atoms with Crippen molar-refractivity contribution in [3.8, 4) is 11.6 Å². The van der Waals surface area contributed by atoms with Crippen molar-refractivity contribution in [2.45, 2.75) is 24.3 Å². The van der Waals surface area contributed by atoms with Gasteiger partial charge in [0.2, 0.25) is 5.88 Å². The minimum atomic E-state index is 0.510. The smallest absolute Gasteiger partial charge is 0.223 e. The van der Waals surface area contributed by atoms with Gasteiger partial charge in [0.1, 0.15) is 5.75 Å². The highest BCUT2D eigenvalue weighted by atomic mass is 35.5. The Morgan fingerprint density at radius 3 is 2.60 bits per heavy atom. The van der Waals surface area contributed by atoms with Gasteiger partial charge < -0.3 is 4.74 Å². The molecule has 3 nitrogen and oxygen atoms in total. The summed E-state index contributed by atoms with van der Waals surface area (Å²) < 4.78 is 5.84. The molecule has 3 aromatic rings. The molecule has 6 heteroatoms. The number of benzene rings is 2. The van der Waals surface area contributed by atoms with Gasteiger partial charge in [0.25, 0.3) is 0 Å². The number of hydrogen-bond acceptors (Lipinski definition) is 4. The van der Waals surface area contributed by atoms with E-state index in [1.54, 1.807) is 12.1 Å². The topological polar surface area (TPSA) is 35.0 Å². The highest BCUT2D eigenvalue weighted by Crippen LogP contribution is 2.28. The summed E-state index contributed by atoms with van der Waals surface area (Å²) in [6.45, 7) is 2.05. The van der Waals surface area contributed by atoms with Crippen LogP contribution < -0.4 is 4.74 Å². The van der Waals surface area contributed by atoms with Gasteiger partial charge >= 0.3 is 0 Å². The van der Waals surface area contributed by atoms with E-state index in [0.29, 0.717) is 27.6 Å². The van der Waals surface area contributed by atoms with E-state index in [4.69, 9.17) is 27.9 Å². The van der Waals surface area contributed by atoms with Crippen molar-refractivity contribution in [2.75, 3.05) is 0 Å². The molecule has 2 aromatic carbocycles. The van der Waals surface area contributed by atoms with Crippen LogP contribution in [0.25, 0.3) is 0 Å². The lowest BCUT2D eigenvalue weighted by Crippen LogP contribution is -1.97. The maximum atomic E-state index is 6.21. The van der Waals surface area contributed by atoms with Crippen molar-refractivity contribution >= 4 is 35.0 Å². The van der Waals surface area contributed by atoms with Gasteiger partial charge in [-0.2, -0.15) is 4.98 Å². The summed E-state index contributed by atoms with van der Waals surface area (Å²) in [7, 11) is 0. The first kappa shape index (κ1) is 18.1. The molecular formula is C19H16Cl2N2OS. The molecule has 0 saturated heterocycles. The average Bonchev–Trinajstić information content (AvgIpc) is 2.61. The molecule has 0 saturated carbocycles. The predicted octanol–water partition coefficient (Wildman–Crippen LogP) is 6.43. The van der Waals surface area contributed by atoms with Crippen LogP contribution in [0.5, 0.6) is 11.6 Å². The summed E-state index contributed by atoms with van der Waals surface area (Å²) in [5, 5.41) is 2.03. The Labute approximate surface area is 161 Å². The van der Waals surface area contributed by atoms with Crippen LogP contribution in [0, 0.1) is 0 Å². The van der Waals surface area contributed by atoms with Crippen molar-refractivity contribution in [1.82, 2.24) is 9.97 Å². The monoisotopic (exact) mass is 390 g/mol. The Bertz CT molecular complexity index is 874. The van der Waals surface area contributed by atoms with Crippen LogP contribution in [-0.4, -0.2) is 9.97 Å². The Morgan fingerprint density at radius 1 is 1.00 bits per heavy atom. The zero-order chi connectivity index (χ0) is 17.6. The Kier molecular flexibility index (Phi) is 6.19. The summed E-state index contributed by atoms with van der Waals surface area (Å²) >= 11 is 13.7. The summed E-state index contributed by atoms with van der Waals surface area (Å²) in [5.74, 6) is 1.86. The molecule has 0 amide bonds. The first-order chi connectivity index (χ1) is 12.1. The van der Waals surface area contributed by atoms with Gasteiger partial charge in [-0.3, -0.25) is 0 Å². The van der Waals surface area contributed by atoms with Crippen LogP contribution in [0.15, 0.2) is 59.8 Å². The third-order valence-corrected chi connectivity index (χ3v) is 4.93. The van der Waals surface area contributed by atoms with Crippen LogP contribution >= 0.6 is 35.0 Å². The Morgan fingerprint density at radius 2 is 1.84 bits per heavy atom. The van der Waals surface area contributed by atoms with E-state index in [2.05, 4.69) is 9.97 Å². The van der Waals surface area contributed by atoms with E-state index in [1.807, 2.05) is 49.4 Å². The van der Waals surface area contributed by atoms with E-state index in [9.17, 15) is 0 Å². The van der Waals surface area contributed by atoms with Crippen LogP contribution in [0.3, 0.4) is 0 Å². The Hall–Kier alpha value is -1.75. The molecular weight excluding hydrogens is 375 g/mol. The molecule has 0 fully saturated rings. The normalized spacial score (nSPS) is 10.7. The number of thioether (sulfide) groups is 1. The van der Waals surface area contributed by atoms with E-state index >= 15 is 0 Å². The highest BCUT2D eigenvalue weighted by molar-refractivity contribution is 7.98. The molecule has 25 heavy (non-hydrogen) atoms. The second kappa shape index (κ2) is 8.56. The molecule has 0 aliphatic heterocycles. The average molecular weight is 391 g/mol. The molecule has 0 aliphatic carbocycles. The standard InChI is InChI=1S/C19H16Cl2N2OS/c1-2-15-11-18(24-16-8-5-7-14(20)10-16)23-19(22-15)25-12-13-6-3-4-9-17(13)21/h3-11H,2,12H2,1H3. The van der Waals surface area contributed by atoms with Crippen LogP contribution in [0.2, 0.25) is 10.0 Å². The molecule has 0 aliphatic rings.